The van der Waals surface area contributed by atoms with Crippen molar-refractivity contribution in [3.05, 3.63) is 34.9 Å². The number of benzene rings is 1. The van der Waals surface area contributed by atoms with Gasteiger partial charge in [0.2, 0.25) is 5.91 Å². The summed E-state index contributed by atoms with van der Waals surface area (Å²) in [5, 5.41) is 10.7. The highest BCUT2D eigenvalue weighted by Gasteiger charge is 2.36. The van der Waals surface area contributed by atoms with Crippen LogP contribution in [-0.4, -0.2) is 54.0 Å². The number of carbonyl (C=O) groups is 1. The van der Waals surface area contributed by atoms with E-state index in [0.29, 0.717) is 13.0 Å². The van der Waals surface area contributed by atoms with Crippen LogP contribution in [0.5, 0.6) is 0 Å². The van der Waals surface area contributed by atoms with Gasteiger partial charge in [0.1, 0.15) is 0 Å². The Morgan fingerprint density at radius 3 is 2.71 bits per heavy atom. The van der Waals surface area contributed by atoms with Gasteiger partial charge in [-0.25, -0.2) is 0 Å². The van der Waals surface area contributed by atoms with Gasteiger partial charge in [-0.3, -0.25) is 4.79 Å². The molecule has 1 aromatic carbocycles. The van der Waals surface area contributed by atoms with Crippen molar-refractivity contribution >= 4 is 5.91 Å². The molecule has 0 radical (unpaired) electrons. The zero-order chi connectivity index (χ0) is 15.6. The predicted octanol–water partition coefficient (Wildman–Crippen LogP) is 1.89. The molecule has 0 aromatic heterocycles. The van der Waals surface area contributed by atoms with Crippen LogP contribution in [0.1, 0.15) is 35.6 Å². The molecule has 1 aliphatic heterocycles. The average Bonchev–Trinajstić information content (AvgIpc) is 2.77. The van der Waals surface area contributed by atoms with Crippen molar-refractivity contribution in [1.82, 2.24) is 9.80 Å². The maximum absolute atomic E-state index is 12.1. The third-order valence-electron chi connectivity index (χ3n) is 4.27. The topological polar surface area (TPSA) is 43.8 Å². The van der Waals surface area contributed by atoms with Gasteiger partial charge in [-0.15, -0.1) is 0 Å². The summed E-state index contributed by atoms with van der Waals surface area (Å²) in [6.45, 7) is 5.57. The molecule has 0 saturated carbocycles. The van der Waals surface area contributed by atoms with Crippen molar-refractivity contribution < 1.29 is 9.90 Å². The molecule has 2 unspecified atom stereocenters. The molecular weight excluding hydrogens is 264 g/mol. The van der Waals surface area contributed by atoms with Crippen LogP contribution >= 0.6 is 0 Å². The van der Waals surface area contributed by atoms with Gasteiger partial charge in [-0.1, -0.05) is 23.8 Å². The zero-order valence-electron chi connectivity index (χ0n) is 13.5. The maximum Gasteiger partial charge on any atom is 0.223 e. The number of rotatable bonds is 5. The molecule has 4 nitrogen and oxygen atoms in total. The van der Waals surface area contributed by atoms with Gasteiger partial charge in [-0.2, -0.15) is 0 Å². The minimum absolute atomic E-state index is 0.0983. The van der Waals surface area contributed by atoms with Crippen molar-refractivity contribution in [2.75, 3.05) is 27.2 Å². The van der Waals surface area contributed by atoms with Gasteiger partial charge < -0.3 is 14.9 Å². The van der Waals surface area contributed by atoms with Crippen LogP contribution < -0.4 is 0 Å². The van der Waals surface area contributed by atoms with E-state index in [1.165, 1.54) is 5.56 Å². The molecule has 0 spiro atoms. The van der Waals surface area contributed by atoms with E-state index < -0.39 is 6.10 Å². The van der Waals surface area contributed by atoms with Gasteiger partial charge >= 0.3 is 0 Å². The monoisotopic (exact) mass is 290 g/mol. The van der Waals surface area contributed by atoms with Gasteiger partial charge in [-0.05, 0) is 45.5 Å². The number of likely N-dealkylation sites (N-methyl/N-ethyl adjacent to an activating group) is 1. The molecule has 1 amide bonds. The Balaban J connectivity index is 2.16. The van der Waals surface area contributed by atoms with E-state index in [2.05, 4.69) is 11.0 Å². The molecule has 4 heteroatoms. The highest BCUT2D eigenvalue weighted by Crippen LogP contribution is 2.31. The first-order valence-electron chi connectivity index (χ1n) is 7.59. The minimum atomic E-state index is -0.598. The molecule has 1 saturated heterocycles. The molecule has 21 heavy (non-hydrogen) atoms. The summed E-state index contributed by atoms with van der Waals surface area (Å²) < 4.78 is 0. The summed E-state index contributed by atoms with van der Waals surface area (Å²) in [6.07, 6.45) is 0.681. The van der Waals surface area contributed by atoms with E-state index in [-0.39, 0.29) is 11.9 Å². The largest absolute Gasteiger partial charge is 0.386 e. The van der Waals surface area contributed by atoms with Crippen LogP contribution in [0, 0.1) is 13.8 Å². The van der Waals surface area contributed by atoms with Crippen LogP contribution in [0.2, 0.25) is 0 Å². The number of aryl methyl sites for hydroxylation is 2. The summed E-state index contributed by atoms with van der Waals surface area (Å²) >= 11 is 0. The maximum atomic E-state index is 12.1. The van der Waals surface area contributed by atoms with E-state index in [0.717, 1.165) is 24.1 Å². The standard InChI is InChI=1S/C17H26N2O2/c1-12-5-6-14(13(2)11-12)17(21)15-7-8-16(20)19(15)10-9-18(3)4/h5-6,11,15,17,21H,7-10H2,1-4H3. The van der Waals surface area contributed by atoms with E-state index >= 15 is 0 Å². The summed E-state index contributed by atoms with van der Waals surface area (Å²) in [5.74, 6) is 0.158. The van der Waals surface area contributed by atoms with Crippen LogP contribution in [-0.2, 0) is 4.79 Å². The van der Waals surface area contributed by atoms with E-state index in [1.807, 2.05) is 45.0 Å². The summed E-state index contributed by atoms with van der Waals surface area (Å²) in [7, 11) is 3.99. The molecule has 116 valence electrons. The third kappa shape index (κ3) is 3.63. The normalized spacial score (nSPS) is 20.4. The molecule has 2 rings (SSSR count). The van der Waals surface area contributed by atoms with E-state index in [4.69, 9.17) is 0 Å². The fourth-order valence-corrected chi connectivity index (χ4v) is 3.05. The second kappa shape index (κ2) is 6.58. The van der Waals surface area contributed by atoms with Crippen molar-refractivity contribution in [1.29, 1.82) is 0 Å². The number of hydrogen-bond donors (Lipinski definition) is 1. The molecule has 0 bridgehead atoms. The number of nitrogens with zero attached hydrogens (tertiary/aromatic N) is 2. The summed E-state index contributed by atoms with van der Waals surface area (Å²) in [5.41, 5.74) is 3.22. The van der Waals surface area contributed by atoms with Crippen molar-refractivity contribution in [3.8, 4) is 0 Å². The molecule has 1 N–H and O–H groups in total. The molecule has 1 aromatic rings. The Labute approximate surface area is 127 Å². The van der Waals surface area contributed by atoms with Crippen LogP contribution in [0.4, 0.5) is 0 Å². The van der Waals surface area contributed by atoms with Crippen molar-refractivity contribution in [2.24, 2.45) is 0 Å². The molecule has 2 atom stereocenters. The smallest absolute Gasteiger partial charge is 0.223 e. The first-order chi connectivity index (χ1) is 9.90. The summed E-state index contributed by atoms with van der Waals surface area (Å²) in [6, 6.07) is 5.99. The lowest BCUT2D eigenvalue weighted by atomic mass is 9.95. The first kappa shape index (κ1) is 16.0. The highest BCUT2D eigenvalue weighted by atomic mass is 16.3. The number of aliphatic hydroxyl groups is 1. The van der Waals surface area contributed by atoms with Crippen molar-refractivity contribution in [2.45, 2.75) is 38.8 Å². The lowest BCUT2D eigenvalue weighted by Crippen LogP contribution is -2.41. The highest BCUT2D eigenvalue weighted by molar-refractivity contribution is 5.79. The molecule has 1 heterocycles. The predicted molar refractivity (Wildman–Crippen MR) is 84.2 cm³/mol. The van der Waals surface area contributed by atoms with Crippen molar-refractivity contribution in [3.63, 3.8) is 0 Å². The average molecular weight is 290 g/mol. The van der Waals surface area contributed by atoms with Gasteiger partial charge in [0.05, 0.1) is 12.1 Å². The Morgan fingerprint density at radius 1 is 1.38 bits per heavy atom. The van der Waals surface area contributed by atoms with Gasteiger partial charge in [0.15, 0.2) is 0 Å². The lowest BCUT2D eigenvalue weighted by Gasteiger charge is -2.30. The van der Waals surface area contributed by atoms with Crippen LogP contribution in [0.3, 0.4) is 0 Å². The second-order valence-corrected chi connectivity index (χ2v) is 6.30. The lowest BCUT2D eigenvalue weighted by molar-refractivity contribution is -0.130. The fraction of sp³-hybridized carbons (Fsp3) is 0.588. The molecule has 1 fully saturated rings. The Kier molecular flexibility index (Phi) is 5.01. The SMILES string of the molecule is Cc1ccc(C(O)C2CCC(=O)N2CCN(C)C)c(C)c1. The quantitative estimate of drug-likeness (QED) is 0.900. The zero-order valence-corrected chi connectivity index (χ0v) is 13.5. The first-order valence-corrected chi connectivity index (χ1v) is 7.59. The Morgan fingerprint density at radius 2 is 2.10 bits per heavy atom. The fourth-order valence-electron chi connectivity index (χ4n) is 3.05. The minimum Gasteiger partial charge on any atom is -0.386 e. The molecular formula is C17H26N2O2. The number of carbonyl (C=O) groups excluding carboxylic acids is 1. The van der Waals surface area contributed by atoms with E-state index in [1.54, 1.807) is 0 Å². The molecule has 1 aliphatic rings. The number of aliphatic hydroxyl groups excluding tert-OH is 1. The number of hydrogen-bond acceptors (Lipinski definition) is 3. The third-order valence-corrected chi connectivity index (χ3v) is 4.27. The van der Waals surface area contributed by atoms with Crippen LogP contribution in [0.15, 0.2) is 18.2 Å². The van der Waals surface area contributed by atoms with E-state index in [9.17, 15) is 9.90 Å². The molecule has 0 aliphatic carbocycles. The Bertz CT molecular complexity index is 514. The number of amides is 1. The summed E-state index contributed by atoms with van der Waals surface area (Å²) in [4.78, 5) is 16.0. The Hall–Kier alpha value is -1.39. The second-order valence-electron chi connectivity index (χ2n) is 6.30. The van der Waals surface area contributed by atoms with Crippen LogP contribution in [0.25, 0.3) is 0 Å². The number of likely N-dealkylation sites (tertiary alicyclic amines) is 1. The van der Waals surface area contributed by atoms with Gasteiger partial charge in [0, 0.05) is 19.5 Å². The van der Waals surface area contributed by atoms with Gasteiger partial charge in [0.25, 0.3) is 0 Å².